The SMILES string of the molecule is CNc1cc(C(F)(F)F)c(-c2sc(C(=O)NCC(C)(C)O)nc2C(=O)N2CCCC2C)cn1. The smallest absolute Gasteiger partial charge is 0.389 e. The molecule has 1 unspecified atom stereocenters. The van der Waals surface area contributed by atoms with Crippen molar-refractivity contribution in [1.82, 2.24) is 20.2 Å². The number of anilines is 1. The first kappa shape index (κ1) is 24.9. The Morgan fingerprint density at radius 1 is 1.33 bits per heavy atom. The van der Waals surface area contributed by atoms with Crippen LogP contribution in [-0.2, 0) is 6.18 Å². The number of carbonyl (C=O) groups excluding carboxylic acids is 2. The molecule has 0 aromatic carbocycles. The van der Waals surface area contributed by atoms with Gasteiger partial charge in [-0.25, -0.2) is 9.97 Å². The maximum absolute atomic E-state index is 13.9. The number of hydrogen-bond acceptors (Lipinski definition) is 7. The average Bonchev–Trinajstić information content (AvgIpc) is 3.36. The normalized spacial score (nSPS) is 16.7. The highest BCUT2D eigenvalue weighted by Crippen LogP contribution is 2.41. The summed E-state index contributed by atoms with van der Waals surface area (Å²) in [7, 11) is 1.45. The number of aliphatic hydroxyl groups is 1. The van der Waals surface area contributed by atoms with E-state index in [0.29, 0.717) is 17.9 Å². The lowest BCUT2D eigenvalue weighted by atomic mass is 10.1. The molecule has 33 heavy (non-hydrogen) atoms. The number of halogens is 3. The number of rotatable bonds is 6. The van der Waals surface area contributed by atoms with E-state index in [1.165, 1.54) is 20.9 Å². The molecule has 0 spiro atoms. The van der Waals surface area contributed by atoms with Gasteiger partial charge in [-0.3, -0.25) is 9.59 Å². The van der Waals surface area contributed by atoms with Crippen molar-refractivity contribution in [3.8, 4) is 10.4 Å². The van der Waals surface area contributed by atoms with E-state index < -0.39 is 29.2 Å². The Morgan fingerprint density at radius 3 is 2.58 bits per heavy atom. The van der Waals surface area contributed by atoms with Crippen LogP contribution in [0.5, 0.6) is 0 Å². The molecule has 12 heteroatoms. The van der Waals surface area contributed by atoms with Gasteiger partial charge in [0, 0.05) is 37.9 Å². The molecule has 1 saturated heterocycles. The van der Waals surface area contributed by atoms with Gasteiger partial charge < -0.3 is 20.6 Å². The summed E-state index contributed by atoms with van der Waals surface area (Å²) in [5.74, 6) is -1.20. The van der Waals surface area contributed by atoms with Gasteiger partial charge in [0.1, 0.15) is 11.5 Å². The van der Waals surface area contributed by atoms with Crippen LogP contribution >= 0.6 is 11.3 Å². The maximum atomic E-state index is 13.9. The van der Waals surface area contributed by atoms with E-state index in [1.54, 1.807) is 4.90 Å². The predicted molar refractivity (Wildman–Crippen MR) is 118 cm³/mol. The fourth-order valence-electron chi connectivity index (χ4n) is 3.50. The minimum Gasteiger partial charge on any atom is -0.389 e. The van der Waals surface area contributed by atoms with Crippen molar-refractivity contribution in [1.29, 1.82) is 0 Å². The van der Waals surface area contributed by atoms with Crippen LogP contribution in [0.1, 0.15) is 59.5 Å². The summed E-state index contributed by atoms with van der Waals surface area (Å²) in [5, 5.41) is 14.8. The third-order valence-corrected chi connectivity index (χ3v) is 6.32. The highest BCUT2D eigenvalue weighted by Gasteiger charge is 2.38. The standard InChI is InChI=1S/C21H26F3N5O3S/c1-11-6-5-7-29(11)19(31)15-16(33-18(28-15)17(30)27-10-20(2,3)32)12-9-26-14(25-4)8-13(12)21(22,23)24/h8-9,11,32H,5-7,10H2,1-4H3,(H,25,26)(H,27,30). The van der Waals surface area contributed by atoms with Gasteiger partial charge in [0.2, 0.25) is 0 Å². The Bertz CT molecular complexity index is 1050. The quantitative estimate of drug-likeness (QED) is 0.579. The fourth-order valence-corrected chi connectivity index (χ4v) is 4.49. The molecule has 1 aliphatic heterocycles. The Morgan fingerprint density at radius 2 is 2.03 bits per heavy atom. The molecule has 1 atom stereocenters. The van der Waals surface area contributed by atoms with Gasteiger partial charge in [-0.2, -0.15) is 13.2 Å². The molecule has 3 rings (SSSR count). The number of nitrogens with zero attached hydrogens (tertiary/aromatic N) is 3. The van der Waals surface area contributed by atoms with E-state index in [9.17, 15) is 27.9 Å². The first-order valence-corrected chi connectivity index (χ1v) is 11.2. The van der Waals surface area contributed by atoms with Crippen molar-refractivity contribution in [2.24, 2.45) is 0 Å². The molecule has 0 aliphatic carbocycles. The summed E-state index contributed by atoms with van der Waals surface area (Å²) in [4.78, 5) is 35.5. The summed E-state index contributed by atoms with van der Waals surface area (Å²) >= 11 is 0.691. The van der Waals surface area contributed by atoms with Crippen molar-refractivity contribution >= 4 is 29.0 Å². The number of nitrogens with one attached hydrogen (secondary N) is 2. The van der Waals surface area contributed by atoms with Gasteiger partial charge in [-0.05, 0) is 39.7 Å². The van der Waals surface area contributed by atoms with Crippen LogP contribution in [0.4, 0.5) is 19.0 Å². The molecule has 1 fully saturated rings. The molecule has 180 valence electrons. The Balaban J connectivity index is 2.13. The molecule has 2 amide bonds. The van der Waals surface area contributed by atoms with Gasteiger partial charge in [-0.1, -0.05) is 0 Å². The molecule has 8 nitrogen and oxygen atoms in total. The van der Waals surface area contributed by atoms with Crippen LogP contribution in [0.25, 0.3) is 10.4 Å². The summed E-state index contributed by atoms with van der Waals surface area (Å²) in [6.07, 6.45) is -2.14. The highest BCUT2D eigenvalue weighted by molar-refractivity contribution is 7.17. The van der Waals surface area contributed by atoms with E-state index in [1.807, 2.05) is 6.92 Å². The summed E-state index contributed by atoms with van der Waals surface area (Å²) in [6.45, 7) is 5.21. The molecule has 0 radical (unpaired) electrons. The number of pyridine rings is 1. The van der Waals surface area contributed by atoms with E-state index in [0.717, 1.165) is 25.1 Å². The van der Waals surface area contributed by atoms with Gasteiger partial charge in [0.15, 0.2) is 5.01 Å². The van der Waals surface area contributed by atoms with Crippen molar-refractivity contribution in [2.45, 2.75) is 51.4 Å². The number of thiazole rings is 1. The monoisotopic (exact) mass is 485 g/mol. The first-order chi connectivity index (χ1) is 15.3. The number of likely N-dealkylation sites (tertiary alicyclic amines) is 1. The van der Waals surface area contributed by atoms with E-state index in [4.69, 9.17) is 0 Å². The Hall–Kier alpha value is -2.73. The topological polar surface area (TPSA) is 107 Å². The molecule has 1 aliphatic rings. The predicted octanol–water partition coefficient (Wildman–Crippen LogP) is 3.39. The van der Waals surface area contributed by atoms with Gasteiger partial charge in [0.25, 0.3) is 11.8 Å². The van der Waals surface area contributed by atoms with E-state index in [2.05, 4.69) is 20.6 Å². The molecule has 3 N–H and O–H groups in total. The van der Waals surface area contributed by atoms with Crippen LogP contribution in [0.2, 0.25) is 0 Å². The lowest BCUT2D eigenvalue weighted by Crippen LogP contribution is -2.38. The number of amides is 2. The Kier molecular flexibility index (Phi) is 6.99. The minimum absolute atomic E-state index is 0.0137. The second-order valence-electron chi connectivity index (χ2n) is 8.54. The lowest BCUT2D eigenvalue weighted by molar-refractivity contribution is -0.137. The van der Waals surface area contributed by atoms with Gasteiger partial charge >= 0.3 is 6.18 Å². The van der Waals surface area contributed by atoms with Crippen molar-refractivity contribution < 1.29 is 27.9 Å². The van der Waals surface area contributed by atoms with Crippen molar-refractivity contribution in [2.75, 3.05) is 25.5 Å². The molecule has 0 saturated carbocycles. The maximum Gasteiger partial charge on any atom is 0.417 e. The van der Waals surface area contributed by atoms with Crippen LogP contribution < -0.4 is 10.6 Å². The van der Waals surface area contributed by atoms with Crippen LogP contribution in [0.3, 0.4) is 0 Å². The molecule has 2 aromatic rings. The van der Waals surface area contributed by atoms with E-state index >= 15 is 0 Å². The molecular formula is C21H26F3N5O3S. The molecule has 0 bridgehead atoms. The third-order valence-electron chi connectivity index (χ3n) is 5.23. The molecule has 3 heterocycles. The zero-order chi connectivity index (χ0) is 24.6. The Labute approximate surface area is 193 Å². The summed E-state index contributed by atoms with van der Waals surface area (Å²) in [6, 6.07) is 0.766. The van der Waals surface area contributed by atoms with Crippen molar-refractivity contribution in [3.63, 3.8) is 0 Å². The third kappa shape index (κ3) is 5.61. The van der Waals surface area contributed by atoms with Crippen LogP contribution in [0.15, 0.2) is 12.3 Å². The largest absolute Gasteiger partial charge is 0.417 e. The highest BCUT2D eigenvalue weighted by atomic mass is 32.1. The minimum atomic E-state index is -4.72. The molecule has 2 aromatic heterocycles. The van der Waals surface area contributed by atoms with Gasteiger partial charge in [-0.15, -0.1) is 11.3 Å². The zero-order valence-electron chi connectivity index (χ0n) is 18.7. The van der Waals surface area contributed by atoms with Crippen LogP contribution in [0, 0.1) is 0 Å². The summed E-state index contributed by atoms with van der Waals surface area (Å²) < 4.78 is 41.7. The average molecular weight is 486 g/mol. The second-order valence-corrected chi connectivity index (χ2v) is 9.54. The number of alkyl halides is 3. The van der Waals surface area contributed by atoms with Crippen molar-refractivity contribution in [3.05, 3.63) is 28.5 Å². The number of carbonyl (C=O) groups is 2. The number of aromatic nitrogens is 2. The first-order valence-electron chi connectivity index (χ1n) is 10.4. The lowest BCUT2D eigenvalue weighted by Gasteiger charge is -2.21. The van der Waals surface area contributed by atoms with Gasteiger partial charge in [0.05, 0.1) is 16.0 Å². The summed E-state index contributed by atoms with van der Waals surface area (Å²) in [5.41, 5.74) is -2.73. The number of hydrogen-bond donors (Lipinski definition) is 3. The van der Waals surface area contributed by atoms with E-state index in [-0.39, 0.29) is 39.5 Å². The van der Waals surface area contributed by atoms with Crippen LogP contribution in [-0.4, -0.2) is 63.6 Å². The second kappa shape index (κ2) is 9.26. The zero-order valence-corrected chi connectivity index (χ0v) is 19.5. The fraction of sp³-hybridized carbons (Fsp3) is 0.524. The molecular weight excluding hydrogens is 459 g/mol.